The van der Waals surface area contributed by atoms with Crippen LogP contribution >= 0.6 is 0 Å². The highest BCUT2D eigenvalue weighted by Crippen LogP contribution is 2.28. The van der Waals surface area contributed by atoms with E-state index in [1.165, 1.54) is 19.4 Å². The van der Waals surface area contributed by atoms with Gasteiger partial charge in [-0.05, 0) is 49.6 Å². The van der Waals surface area contributed by atoms with Crippen molar-refractivity contribution in [1.29, 1.82) is 0 Å². The van der Waals surface area contributed by atoms with Gasteiger partial charge < -0.3 is 9.84 Å². The Morgan fingerprint density at radius 3 is 2.45 bits per heavy atom. The molecule has 0 unspecified atom stereocenters. The maximum atomic E-state index is 11.1. The predicted octanol–water partition coefficient (Wildman–Crippen LogP) is 3.90. The van der Waals surface area contributed by atoms with Crippen LogP contribution in [0.4, 0.5) is 0 Å². The van der Waals surface area contributed by atoms with Crippen LogP contribution in [0.2, 0.25) is 0 Å². The summed E-state index contributed by atoms with van der Waals surface area (Å²) in [4.78, 5) is 11.1. The number of hydrogen-bond donors (Lipinski definition) is 1. The minimum Gasteiger partial charge on any atom is -0.478 e. The topological polar surface area (TPSA) is 46.5 Å². The molecule has 20 heavy (non-hydrogen) atoms. The third kappa shape index (κ3) is 2.99. The molecule has 0 bridgehead atoms. The molecule has 104 valence electrons. The van der Waals surface area contributed by atoms with Gasteiger partial charge in [0.05, 0.1) is 0 Å². The molecule has 0 saturated heterocycles. The third-order valence-corrected chi connectivity index (χ3v) is 3.18. The molecule has 2 rings (SSSR count). The Labute approximate surface area is 118 Å². The molecule has 0 spiro atoms. The molecule has 0 heterocycles. The molecule has 3 heteroatoms. The minimum atomic E-state index is -1.25. The van der Waals surface area contributed by atoms with Crippen molar-refractivity contribution in [3.63, 3.8) is 0 Å². The lowest BCUT2D eigenvalue weighted by molar-refractivity contribution is -0.152. The maximum Gasteiger partial charge on any atom is 0.347 e. The van der Waals surface area contributed by atoms with Gasteiger partial charge in [0.2, 0.25) is 0 Å². The molecule has 0 aliphatic carbocycles. The number of aliphatic carboxylic acids is 1. The van der Waals surface area contributed by atoms with Crippen molar-refractivity contribution in [3.05, 3.63) is 54.1 Å². The number of ether oxygens (including phenoxy) is 1. The fraction of sp³-hybridized carbons (Fsp3) is 0.235. The number of rotatable bonds is 4. The quantitative estimate of drug-likeness (QED) is 0.916. The second kappa shape index (κ2) is 5.37. The van der Waals surface area contributed by atoms with Crippen molar-refractivity contribution in [2.24, 2.45) is 0 Å². The SMILES string of the molecule is Cc1ccccc1-c1cccc(OC(C)(C)C(=O)O)c1. The molecule has 1 N–H and O–H groups in total. The van der Waals surface area contributed by atoms with Crippen LogP contribution in [0.3, 0.4) is 0 Å². The maximum absolute atomic E-state index is 11.1. The van der Waals surface area contributed by atoms with Crippen molar-refractivity contribution in [3.8, 4) is 16.9 Å². The van der Waals surface area contributed by atoms with Crippen molar-refractivity contribution in [2.45, 2.75) is 26.4 Å². The largest absolute Gasteiger partial charge is 0.478 e. The van der Waals surface area contributed by atoms with Crippen LogP contribution in [0.15, 0.2) is 48.5 Å². The number of hydrogen-bond acceptors (Lipinski definition) is 2. The van der Waals surface area contributed by atoms with Crippen molar-refractivity contribution in [2.75, 3.05) is 0 Å². The molecule has 3 nitrogen and oxygen atoms in total. The zero-order valence-electron chi connectivity index (χ0n) is 11.9. The van der Waals surface area contributed by atoms with Crippen LogP contribution in [-0.4, -0.2) is 16.7 Å². The first kappa shape index (κ1) is 14.1. The van der Waals surface area contributed by atoms with Gasteiger partial charge in [-0.25, -0.2) is 4.79 Å². The molecule has 0 aliphatic heterocycles. The molecule has 2 aromatic carbocycles. The Balaban J connectivity index is 2.34. The van der Waals surface area contributed by atoms with E-state index in [1.54, 1.807) is 6.07 Å². The Kier molecular flexibility index (Phi) is 3.79. The Bertz CT molecular complexity index is 630. The summed E-state index contributed by atoms with van der Waals surface area (Å²) < 4.78 is 5.57. The Hall–Kier alpha value is -2.29. The van der Waals surface area contributed by atoms with Crippen molar-refractivity contribution in [1.82, 2.24) is 0 Å². The van der Waals surface area contributed by atoms with E-state index in [1.807, 2.05) is 49.4 Å². The van der Waals surface area contributed by atoms with Gasteiger partial charge in [0, 0.05) is 0 Å². The molecule has 0 atom stereocenters. The van der Waals surface area contributed by atoms with Crippen LogP contribution in [0.25, 0.3) is 11.1 Å². The van der Waals surface area contributed by atoms with Gasteiger partial charge >= 0.3 is 5.97 Å². The molecule has 0 radical (unpaired) electrons. The molecule has 0 fully saturated rings. The van der Waals surface area contributed by atoms with Gasteiger partial charge in [0.1, 0.15) is 5.75 Å². The van der Waals surface area contributed by atoms with E-state index in [0.29, 0.717) is 5.75 Å². The molecule has 0 aromatic heterocycles. The van der Waals surface area contributed by atoms with Crippen molar-refractivity contribution < 1.29 is 14.6 Å². The standard InChI is InChI=1S/C17H18O3/c1-12-7-4-5-10-15(12)13-8-6-9-14(11-13)20-17(2,3)16(18)19/h4-11H,1-3H3,(H,18,19). The number of aryl methyl sites for hydroxylation is 1. The van der Waals surface area contributed by atoms with Gasteiger partial charge in [-0.15, -0.1) is 0 Å². The van der Waals surface area contributed by atoms with E-state index >= 15 is 0 Å². The second-order valence-electron chi connectivity index (χ2n) is 5.26. The van der Waals surface area contributed by atoms with Crippen LogP contribution in [0, 0.1) is 6.92 Å². The van der Waals surface area contributed by atoms with Gasteiger partial charge in [0.25, 0.3) is 0 Å². The summed E-state index contributed by atoms with van der Waals surface area (Å²) in [6, 6.07) is 15.6. The number of carboxylic acids is 1. The number of carbonyl (C=O) groups is 1. The van der Waals surface area contributed by atoms with Gasteiger partial charge in [-0.1, -0.05) is 36.4 Å². The van der Waals surface area contributed by atoms with Crippen LogP contribution in [-0.2, 0) is 4.79 Å². The lowest BCUT2D eigenvalue weighted by atomic mass is 10.0. The highest BCUT2D eigenvalue weighted by atomic mass is 16.5. The van der Waals surface area contributed by atoms with Gasteiger partial charge in [-0.2, -0.15) is 0 Å². The summed E-state index contributed by atoms with van der Waals surface area (Å²) in [7, 11) is 0. The third-order valence-electron chi connectivity index (χ3n) is 3.18. The summed E-state index contributed by atoms with van der Waals surface area (Å²) in [5.41, 5.74) is 2.06. The summed E-state index contributed by atoms with van der Waals surface area (Å²) in [6.45, 7) is 5.12. The lowest BCUT2D eigenvalue weighted by Gasteiger charge is -2.22. The first-order valence-corrected chi connectivity index (χ1v) is 6.48. The first-order valence-electron chi connectivity index (χ1n) is 6.48. The first-order chi connectivity index (χ1) is 9.40. The van der Waals surface area contributed by atoms with Gasteiger partial charge in [-0.3, -0.25) is 0 Å². The summed E-state index contributed by atoms with van der Waals surface area (Å²) in [5.74, 6) is -0.433. The average molecular weight is 270 g/mol. The van der Waals surface area contributed by atoms with E-state index in [2.05, 4.69) is 0 Å². The zero-order chi connectivity index (χ0) is 14.8. The molecular formula is C17H18O3. The Morgan fingerprint density at radius 2 is 1.80 bits per heavy atom. The monoisotopic (exact) mass is 270 g/mol. The summed E-state index contributed by atoms with van der Waals surface area (Å²) in [5, 5.41) is 9.11. The molecule has 0 amide bonds. The molecule has 0 aliphatic rings. The fourth-order valence-corrected chi connectivity index (χ4v) is 1.96. The summed E-state index contributed by atoms with van der Waals surface area (Å²) >= 11 is 0. The highest BCUT2D eigenvalue weighted by Gasteiger charge is 2.29. The predicted molar refractivity (Wildman–Crippen MR) is 79.0 cm³/mol. The lowest BCUT2D eigenvalue weighted by Crippen LogP contribution is -2.37. The van der Waals surface area contributed by atoms with E-state index in [4.69, 9.17) is 9.84 Å². The zero-order valence-corrected chi connectivity index (χ0v) is 11.9. The van der Waals surface area contributed by atoms with Crippen LogP contribution < -0.4 is 4.74 Å². The smallest absolute Gasteiger partial charge is 0.347 e. The van der Waals surface area contributed by atoms with Crippen molar-refractivity contribution >= 4 is 5.97 Å². The van der Waals surface area contributed by atoms with E-state index in [9.17, 15) is 4.79 Å². The number of benzene rings is 2. The van der Waals surface area contributed by atoms with Gasteiger partial charge in [0.15, 0.2) is 5.60 Å². The number of carboxylic acid groups (broad SMARTS) is 1. The normalized spacial score (nSPS) is 11.2. The molecule has 0 saturated carbocycles. The average Bonchev–Trinajstić information content (AvgIpc) is 2.39. The van der Waals surface area contributed by atoms with E-state index < -0.39 is 11.6 Å². The second-order valence-corrected chi connectivity index (χ2v) is 5.26. The van der Waals surface area contributed by atoms with E-state index in [-0.39, 0.29) is 0 Å². The fourth-order valence-electron chi connectivity index (χ4n) is 1.96. The summed E-state index contributed by atoms with van der Waals surface area (Å²) in [6.07, 6.45) is 0. The van der Waals surface area contributed by atoms with E-state index in [0.717, 1.165) is 11.1 Å². The van der Waals surface area contributed by atoms with Crippen LogP contribution in [0.1, 0.15) is 19.4 Å². The Morgan fingerprint density at radius 1 is 1.10 bits per heavy atom. The highest BCUT2D eigenvalue weighted by molar-refractivity contribution is 5.77. The minimum absolute atomic E-state index is 0.554. The molecular weight excluding hydrogens is 252 g/mol. The molecule has 2 aromatic rings. The van der Waals surface area contributed by atoms with Crippen LogP contribution in [0.5, 0.6) is 5.75 Å².